The highest BCUT2D eigenvalue weighted by atomic mass is 19.1. The molecule has 2 rings (SSSR count). The highest BCUT2D eigenvalue weighted by Gasteiger charge is 2.22. The Morgan fingerprint density at radius 3 is 1.65 bits per heavy atom. The molecule has 2 aromatic rings. The molecular formula is C18H21BF2O2. The molecule has 0 saturated carbocycles. The lowest BCUT2D eigenvalue weighted by Crippen LogP contribution is -2.29. The molecule has 5 heteroatoms. The van der Waals surface area contributed by atoms with E-state index >= 15 is 0 Å². The summed E-state index contributed by atoms with van der Waals surface area (Å²) < 4.78 is 37.6. The molecule has 0 saturated heterocycles. The van der Waals surface area contributed by atoms with Gasteiger partial charge >= 0.3 is 7.12 Å². The van der Waals surface area contributed by atoms with Gasteiger partial charge in [0.1, 0.15) is 23.1 Å². The molecule has 0 N–H and O–H groups in total. The first-order chi connectivity index (χ1) is 11.2. The first kappa shape index (κ1) is 17.3. The van der Waals surface area contributed by atoms with Crippen LogP contribution in [0.25, 0.3) is 0 Å². The standard InChI is InChI=1S/C18H21BF2O2/c1-2-3-4-5-14-19(22-17-10-6-15(20)7-11-17)23-18-12-8-16(21)9-13-18/h6-13H,2-5,14H2,1H3. The van der Waals surface area contributed by atoms with Gasteiger partial charge in [-0.25, -0.2) is 8.78 Å². The van der Waals surface area contributed by atoms with Gasteiger partial charge in [-0.2, -0.15) is 0 Å². The number of halogens is 2. The fraction of sp³-hybridized carbons (Fsp3) is 0.333. The van der Waals surface area contributed by atoms with Gasteiger partial charge in [0.05, 0.1) is 0 Å². The lowest BCUT2D eigenvalue weighted by molar-refractivity contribution is 0.415. The van der Waals surface area contributed by atoms with Crippen molar-refractivity contribution in [3.05, 3.63) is 60.2 Å². The molecule has 0 spiro atoms. The van der Waals surface area contributed by atoms with E-state index in [-0.39, 0.29) is 11.6 Å². The zero-order valence-electron chi connectivity index (χ0n) is 13.3. The van der Waals surface area contributed by atoms with E-state index in [0.717, 1.165) is 25.6 Å². The molecule has 0 heterocycles. The van der Waals surface area contributed by atoms with Crippen molar-refractivity contribution in [2.75, 3.05) is 0 Å². The predicted molar refractivity (Wildman–Crippen MR) is 88.8 cm³/mol. The third-order valence-electron chi connectivity index (χ3n) is 3.46. The molecule has 122 valence electrons. The second-order valence-electron chi connectivity index (χ2n) is 5.42. The van der Waals surface area contributed by atoms with E-state index in [1.165, 1.54) is 30.7 Å². The summed E-state index contributed by atoms with van der Waals surface area (Å²) in [6.07, 6.45) is 5.12. The van der Waals surface area contributed by atoms with Crippen LogP contribution in [0, 0.1) is 11.6 Å². The van der Waals surface area contributed by atoms with Crippen LogP contribution in [0.5, 0.6) is 11.5 Å². The molecule has 0 aliphatic heterocycles. The zero-order valence-corrected chi connectivity index (χ0v) is 13.3. The number of unbranched alkanes of at least 4 members (excludes halogenated alkanes) is 3. The van der Waals surface area contributed by atoms with Crippen molar-refractivity contribution in [1.29, 1.82) is 0 Å². The molecule has 0 radical (unpaired) electrons. The Bertz CT molecular complexity index is 525. The zero-order chi connectivity index (χ0) is 16.5. The van der Waals surface area contributed by atoms with Crippen molar-refractivity contribution < 1.29 is 18.1 Å². The fourth-order valence-electron chi connectivity index (χ4n) is 2.21. The number of hydrogen-bond donors (Lipinski definition) is 0. The van der Waals surface area contributed by atoms with Crippen LogP contribution in [0.3, 0.4) is 0 Å². The average Bonchev–Trinajstić information content (AvgIpc) is 2.55. The Balaban J connectivity index is 1.98. The lowest BCUT2D eigenvalue weighted by Gasteiger charge is -2.17. The van der Waals surface area contributed by atoms with Crippen molar-refractivity contribution in [3.63, 3.8) is 0 Å². The molecule has 0 amide bonds. The second kappa shape index (κ2) is 9.18. The van der Waals surface area contributed by atoms with Gasteiger partial charge in [0, 0.05) is 6.32 Å². The average molecular weight is 318 g/mol. The van der Waals surface area contributed by atoms with E-state index in [0.29, 0.717) is 11.5 Å². The minimum atomic E-state index is -0.484. The lowest BCUT2D eigenvalue weighted by atomic mass is 9.81. The van der Waals surface area contributed by atoms with Crippen molar-refractivity contribution in [2.45, 2.75) is 38.9 Å². The highest BCUT2D eigenvalue weighted by Crippen LogP contribution is 2.19. The Morgan fingerprint density at radius 1 is 0.739 bits per heavy atom. The van der Waals surface area contributed by atoms with Crippen molar-refractivity contribution in [2.24, 2.45) is 0 Å². The molecule has 0 unspecified atom stereocenters. The van der Waals surface area contributed by atoms with Gasteiger partial charge in [0.2, 0.25) is 0 Å². The van der Waals surface area contributed by atoms with E-state index in [1.54, 1.807) is 24.3 Å². The SMILES string of the molecule is CCCCCCB(Oc1ccc(F)cc1)Oc1ccc(F)cc1. The van der Waals surface area contributed by atoms with E-state index in [4.69, 9.17) is 9.31 Å². The Kier molecular flexibility index (Phi) is 6.91. The summed E-state index contributed by atoms with van der Waals surface area (Å²) in [5, 5.41) is 0. The van der Waals surface area contributed by atoms with Crippen molar-refractivity contribution in [1.82, 2.24) is 0 Å². The van der Waals surface area contributed by atoms with Crippen LogP contribution >= 0.6 is 0 Å². The maximum absolute atomic E-state index is 13.0. The van der Waals surface area contributed by atoms with Crippen molar-refractivity contribution >= 4 is 7.12 Å². The topological polar surface area (TPSA) is 18.5 Å². The fourth-order valence-corrected chi connectivity index (χ4v) is 2.21. The van der Waals surface area contributed by atoms with Crippen molar-refractivity contribution in [3.8, 4) is 11.5 Å². The van der Waals surface area contributed by atoms with Crippen LogP contribution in [-0.2, 0) is 0 Å². The third-order valence-corrected chi connectivity index (χ3v) is 3.46. The molecule has 0 aromatic heterocycles. The molecule has 0 fully saturated rings. The van der Waals surface area contributed by atoms with Crippen LogP contribution in [0.2, 0.25) is 6.32 Å². The van der Waals surface area contributed by atoms with Gasteiger partial charge in [0.25, 0.3) is 0 Å². The molecule has 2 nitrogen and oxygen atoms in total. The highest BCUT2D eigenvalue weighted by molar-refractivity contribution is 6.46. The maximum Gasteiger partial charge on any atom is 0.594 e. The quantitative estimate of drug-likeness (QED) is 0.449. The van der Waals surface area contributed by atoms with E-state index in [1.807, 2.05) is 0 Å². The summed E-state index contributed by atoms with van der Waals surface area (Å²) in [7, 11) is -0.484. The van der Waals surface area contributed by atoms with Crippen LogP contribution < -0.4 is 9.31 Å². The Labute approximate surface area is 136 Å². The van der Waals surface area contributed by atoms with Gasteiger partial charge in [-0.05, 0) is 48.5 Å². The molecule has 0 aliphatic rings. The van der Waals surface area contributed by atoms with Gasteiger partial charge in [-0.15, -0.1) is 0 Å². The predicted octanol–water partition coefficient (Wildman–Crippen LogP) is 5.49. The summed E-state index contributed by atoms with van der Waals surface area (Å²) in [4.78, 5) is 0. The van der Waals surface area contributed by atoms with Gasteiger partial charge in [-0.1, -0.05) is 32.6 Å². The smallest absolute Gasteiger partial charge is 0.526 e. The first-order valence-corrected chi connectivity index (χ1v) is 8.02. The number of hydrogen-bond acceptors (Lipinski definition) is 2. The minimum Gasteiger partial charge on any atom is -0.526 e. The summed E-state index contributed by atoms with van der Waals surface area (Å²) >= 11 is 0. The number of benzene rings is 2. The van der Waals surface area contributed by atoms with E-state index in [2.05, 4.69) is 6.92 Å². The van der Waals surface area contributed by atoms with Gasteiger partial charge < -0.3 is 9.31 Å². The molecule has 0 bridgehead atoms. The van der Waals surface area contributed by atoms with Crippen LogP contribution in [0.15, 0.2) is 48.5 Å². The normalized spacial score (nSPS) is 10.4. The molecule has 2 aromatic carbocycles. The van der Waals surface area contributed by atoms with Crippen LogP contribution in [-0.4, -0.2) is 7.12 Å². The van der Waals surface area contributed by atoms with Crippen LogP contribution in [0.4, 0.5) is 8.78 Å². The number of rotatable bonds is 9. The van der Waals surface area contributed by atoms with E-state index < -0.39 is 7.12 Å². The first-order valence-electron chi connectivity index (χ1n) is 8.02. The second-order valence-corrected chi connectivity index (χ2v) is 5.42. The summed E-state index contributed by atoms with van der Waals surface area (Å²) in [6, 6.07) is 11.7. The van der Waals surface area contributed by atoms with E-state index in [9.17, 15) is 8.78 Å². The third kappa shape index (κ3) is 6.31. The summed E-state index contributed by atoms with van der Waals surface area (Å²) in [5.74, 6) is 0.482. The Hall–Kier alpha value is -2.04. The molecule has 0 atom stereocenters. The van der Waals surface area contributed by atoms with Gasteiger partial charge in [0.15, 0.2) is 0 Å². The van der Waals surface area contributed by atoms with Crippen LogP contribution in [0.1, 0.15) is 32.6 Å². The Morgan fingerprint density at radius 2 is 1.22 bits per heavy atom. The van der Waals surface area contributed by atoms with Gasteiger partial charge in [-0.3, -0.25) is 0 Å². The molecular weight excluding hydrogens is 297 g/mol. The largest absolute Gasteiger partial charge is 0.594 e. The molecule has 0 aliphatic carbocycles. The summed E-state index contributed by atoms with van der Waals surface area (Å²) in [5.41, 5.74) is 0. The minimum absolute atomic E-state index is 0.309. The molecule has 23 heavy (non-hydrogen) atoms. The maximum atomic E-state index is 13.0. The monoisotopic (exact) mass is 318 g/mol. The summed E-state index contributed by atoms with van der Waals surface area (Å²) in [6.45, 7) is 2.15.